The maximum Gasteiger partial charge on any atom is 0.407 e. The van der Waals surface area contributed by atoms with Gasteiger partial charge in [-0.2, -0.15) is 11.8 Å². The van der Waals surface area contributed by atoms with E-state index in [0.29, 0.717) is 18.1 Å². The zero-order chi connectivity index (χ0) is 8.97. The molecule has 0 aromatic carbocycles. The van der Waals surface area contributed by atoms with Crippen LogP contribution in [0.5, 0.6) is 0 Å². The molecule has 1 saturated heterocycles. The molecule has 0 spiro atoms. The standard InChI is InChI=1S/C7H11NO3S/c1-2-11-7(10)8-5-3-12-4-6(5)9/h5H,2-4H2,1H3,(H,8,10). The average Bonchev–Trinajstić information content (AvgIpc) is 2.37. The van der Waals surface area contributed by atoms with Gasteiger partial charge in [-0.05, 0) is 6.92 Å². The lowest BCUT2D eigenvalue weighted by Gasteiger charge is -2.08. The van der Waals surface area contributed by atoms with Crippen LogP contribution in [0.3, 0.4) is 0 Å². The lowest BCUT2D eigenvalue weighted by atomic mass is 10.2. The molecule has 1 rings (SSSR count). The van der Waals surface area contributed by atoms with Crippen molar-refractivity contribution in [2.45, 2.75) is 13.0 Å². The van der Waals surface area contributed by atoms with E-state index in [2.05, 4.69) is 10.1 Å². The highest BCUT2D eigenvalue weighted by atomic mass is 32.2. The van der Waals surface area contributed by atoms with E-state index in [9.17, 15) is 9.59 Å². The molecule has 1 heterocycles. The van der Waals surface area contributed by atoms with Gasteiger partial charge in [-0.3, -0.25) is 4.79 Å². The van der Waals surface area contributed by atoms with Crippen molar-refractivity contribution in [3.05, 3.63) is 0 Å². The van der Waals surface area contributed by atoms with E-state index in [1.54, 1.807) is 6.92 Å². The fraction of sp³-hybridized carbons (Fsp3) is 0.714. The molecular weight excluding hydrogens is 178 g/mol. The van der Waals surface area contributed by atoms with Gasteiger partial charge in [0.15, 0.2) is 5.78 Å². The lowest BCUT2D eigenvalue weighted by Crippen LogP contribution is -2.40. The highest BCUT2D eigenvalue weighted by Gasteiger charge is 2.26. The third kappa shape index (κ3) is 2.41. The third-order valence-corrected chi connectivity index (χ3v) is 2.54. The first kappa shape index (κ1) is 9.38. The number of carbonyl (C=O) groups is 2. The fourth-order valence-electron chi connectivity index (χ4n) is 0.908. The minimum absolute atomic E-state index is 0.0769. The van der Waals surface area contributed by atoms with Crippen LogP contribution in [0.2, 0.25) is 0 Å². The van der Waals surface area contributed by atoms with E-state index in [1.807, 2.05) is 0 Å². The molecule has 0 bridgehead atoms. The molecule has 0 radical (unpaired) electrons. The molecule has 0 aromatic heterocycles. The molecule has 4 nitrogen and oxygen atoms in total. The van der Waals surface area contributed by atoms with Crippen LogP contribution in [0.25, 0.3) is 0 Å². The number of hydrogen-bond acceptors (Lipinski definition) is 4. The maximum absolute atomic E-state index is 11.0. The predicted octanol–water partition coefficient (Wildman–Crippen LogP) is 0.417. The van der Waals surface area contributed by atoms with Crippen LogP contribution < -0.4 is 5.32 Å². The van der Waals surface area contributed by atoms with Crippen LogP contribution in [0.4, 0.5) is 4.79 Å². The number of thioether (sulfide) groups is 1. The molecule has 1 N–H and O–H groups in total. The molecule has 0 saturated carbocycles. The van der Waals surface area contributed by atoms with Crippen molar-refractivity contribution in [3.63, 3.8) is 0 Å². The summed E-state index contributed by atoms with van der Waals surface area (Å²) in [7, 11) is 0. The van der Waals surface area contributed by atoms with Gasteiger partial charge in [0.25, 0.3) is 0 Å². The molecule has 1 unspecified atom stereocenters. The van der Waals surface area contributed by atoms with Crippen LogP contribution >= 0.6 is 11.8 Å². The summed E-state index contributed by atoms with van der Waals surface area (Å²) in [6.45, 7) is 2.06. The summed E-state index contributed by atoms with van der Waals surface area (Å²) < 4.78 is 4.64. The largest absolute Gasteiger partial charge is 0.450 e. The van der Waals surface area contributed by atoms with Crippen LogP contribution in [0.1, 0.15) is 6.92 Å². The maximum atomic E-state index is 11.0. The Bertz CT molecular complexity index is 195. The summed E-state index contributed by atoms with van der Waals surface area (Å²) in [5.74, 6) is 1.24. The monoisotopic (exact) mass is 189 g/mol. The van der Waals surface area contributed by atoms with Crippen molar-refractivity contribution in [3.8, 4) is 0 Å². The number of ketones is 1. The van der Waals surface area contributed by atoms with E-state index in [4.69, 9.17) is 0 Å². The number of ether oxygens (including phenoxy) is 1. The average molecular weight is 189 g/mol. The van der Waals surface area contributed by atoms with Crippen molar-refractivity contribution in [2.75, 3.05) is 18.1 Å². The van der Waals surface area contributed by atoms with Crippen LogP contribution in [0.15, 0.2) is 0 Å². The number of rotatable bonds is 2. The summed E-state index contributed by atoms with van der Waals surface area (Å²) in [5.41, 5.74) is 0. The molecule has 5 heteroatoms. The number of amides is 1. The Kier molecular flexibility index (Phi) is 3.40. The summed E-state index contributed by atoms with van der Waals surface area (Å²) in [6.07, 6.45) is -0.502. The Labute approximate surface area is 75.0 Å². The van der Waals surface area contributed by atoms with Gasteiger partial charge >= 0.3 is 6.09 Å². The van der Waals surface area contributed by atoms with Crippen LogP contribution in [-0.2, 0) is 9.53 Å². The normalized spacial score (nSPS) is 22.4. The fourth-order valence-corrected chi connectivity index (χ4v) is 1.93. The Morgan fingerprint density at radius 3 is 3.08 bits per heavy atom. The highest BCUT2D eigenvalue weighted by Crippen LogP contribution is 2.13. The summed E-state index contributed by atoms with van der Waals surface area (Å²) in [4.78, 5) is 21.9. The van der Waals surface area contributed by atoms with Crippen LogP contribution in [0, 0.1) is 0 Å². The summed E-state index contributed by atoms with van der Waals surface area (Å²) >= 11 is 1.53. The van der Waals surface area contributed by atoms with E-state index in [0.717, 1.165) is 0 Å². The Hall–Kier alpha value is -0.710. The Balaban J connectivity index is 2.30. The minimum Gasteiger partial charge on any atom is -0.450 e. The molecular formula is C7H11NO3S. The summed E-state index contributed by atoms with van der Waals surface area (Å²) in [6, 6.07) is -0.339. The Morgan fingerprint density at radius 2 is 2.58 bits per heavy atom. The van der Waals surface area contributed by atoms with Gasteiger partial charge in [-0.15, -0.1) is 0 Å². The van der Waals surface area contributed by atoms with Crippen molar-refractivity contribution in [2.24, 2.45) is 0 Å². The number of hydrogen-bond donors (Lipinski definition) is 1. The second-order valence-electron chi connectivity index (χ2n) is 2.40. The van der Waals surface area contributed by atoms with Gasteiger partial charge in [0.05, 0.1) is 12.4 Å². The predicted molar refractivity (Wildman–Crippen MR) is 46.3 cm³/mol. The second kappa shape index (κ2) is 4.35. The molecule has 0 aromatic rings. The van der Waals surface area contributed by atoms with Gasteiger partial charge < -0.3 is 10.1 Å². The van der Waals surface area contributed by atoms with E-state index >= 15 is 0 Å². The zero-order valence-corrected chi connectivity index (χ0v) is 7.65. The second-order valence-corrected chi connectivity index (χ2v) is 3.43. The molecule has 1 aliphatic rings. The molecule has 12 heavy (non-hydrogen) atoms. The minimum atomic E-state index is -0.502. The SMILES string of the molecule is CCOC(=O)NC1CSCC1=O. The van der Waals surface area contributed by atoms with E-state index in [1.165, 1.54) is 11.8 Å². The van der Waals surface area contributed by atoms with Crippen molar-refractivity contribution >= 4 is 23.6 Å². The number of Topliss-reactive ketones (excluding diaryl/α,β-unsaturated/α-hetero) is 1. The van der Waals surface area contributed by atoms with Crippen molar-refractivity contribution in [1.29, 1.82) is 0 Å². The van der Waals surface area contributed by atoms with Gasteiger partial charge in [-0.1, -0.05) is 0 Å². The lowest BCUT2D eigenvalue weighted by molar-refractivity contribution is -0.117. The molecule has 1 fully saturated rings. The first-order chi connectivity index (χ1) is 5.74. The topological polar surface area (TPSA) is 55.4 Å². The van der Waals surface area contributed by atoms with Crippen LogP contribution in [-0.4, -0.2) is 36.0 Å². The van der Waals surface area contributed by atoms with Gasteiger partial charge in [0.2, 0.25) is 0 Å². The number of carbonyl (C=O) groups excluding carboxylic acids is 2. The van der Waals surface area contributed by atoms with E-state index < -0.39 is 6.09 Å². The number of nitrogens with one attached hydrogen (secondary N) is 1. The Morgan fingerprint density at radius 1 is 1.83 bits per heavy atom. The molecule has 1 amide bonds. The quantitative estimate of drug-likeness (QED) is 0.684. The van der Waals surface area contributed by atoms with Crippen molar-refractivity contribution in [1.82, 2.24) is 5.32 Å². The van der Waals surface area contributed by atoms with Crippen molar-refractivity contribution < 1.29 is 14.3 Å². The number of alkyl carbamates (subject to hydrolysis) is 1. The van der Waals surface area contributed by atoms with E-state index in [-0.39, 0.29) is 11.8 Å². The van der Waals surface area contributed by atoms with Gasteiger partial charge in [-0.25, -0.2) is 4.79 Å². The smallest absolute Gasteiger partial charge is 0.407 e. The van der Waals surface area contributed by atoms with Gasteiger partial charge in [0, 0.05) is 5.75 Å². The first-order valence-corrected chi connectivity index (χ1v) is 4.93. The molecule has 0 aliphatic carbocycles. The highest BCUT2D eigenvalue weighted by molar-refractivity contribution is 8.00. The first-order valence-electron chi connectivity index (χ1n) is 3.77. The molecule has 68 valence electrons. The summed E-state index contributed by atoms with van der Waals surface area (Å²) in [5, 5.41) is 2.50. The third-order valence-electron chi connectivity index (χ3n) is 1.49. The molecule has 1 aliphatic heterocycles. The zero-order valence-electron chi connectivity index (χ0n) is 6.83. The van der Waals surface area contributed by atoms with Gasteiger partial charge in [0.1, 0.15) is 6.04 Å². The molecule has 1 atom stereocenters.